The second kappa shape index (κ2) is 6.02. The molecule has 6 nitrogen and oxygen atoms in total. The summed E-state index contributed by atoms with van der Waals surface area (Å²) in [6.07, 6.45) is -0.425. The molecule has 1 fully saturated rings. The van der Waals surface area contributed by atoms with Crippen molar-refractivity contribution in [3.63, 3.8) is 0 Å². The van der Waals surface area contributed by atoms with E-state index in [4.69, 9.17) is 4.74 Å². The smallest absolute Gasteiger partial charge is 0.387 e. The van der Waals surface area contributed by atoms with Crippen LogP contribution in [0.3, 0.4) is 0 Å². The van der Waals surface area contributed by atoms with E-state index in [2.05, 4.69) is 4.74 Å². The molecule has 0 aromatic heterocycles. The molecule has 1 aliphatic carbocycles. The minimum absolute atomic E-state index is 0.00267. The zero-order chi connectivity index (χ0) is 15.6. The van der Waals surface area contributed by atoms with Crippen molar-refractivity contribution >= 4 is 5.97 Å². The van der Waals surface area contributed by atoms with Crippen molar-refractivity contribution in [1.82, 2.24) is 0 Å². The van der Waals surface area contributed by atoms with Gasteiger partial charge >= 0.3 is 12.6 Å². The Balaban J connectivity index is 1.90. The molecule has 8 heteroatoms. The highest BCUT2D eigenvalue weighted by Gasteiger charge is 2.54. The normalized spacial score (nSPS) is 21.7. The van der Waals surface area contributed by atoms with E-state index in [9.17, 15) is 23.7 Å². The molecule has 1 aromatic carbocycles. The van der Waals surface area contributed by atoms with Gasteiger partial charge in [-0.05, 0) is 24.6 Å². The molecule has 0 amide bonds. The number of esters is 1. The van der Waals surface area contributed by atoms with Gasteiger partial charge in [0, 0.05) is 11.3 Å². The van der Waals surface area contributed by atoms with Crippen molar-refractivity contribution in [2.24, 2.45) is 5.92 Å². The molecule has 2 rings (SSSR count). The molecule has 0 heterocycles. The largest absolute Gasteiger partial charge is 0.457 e. The van der Waals surface area contributed by atoms with E-state index < -0.39 is 35.6 Å². The van der Waals surface area contributed by atoms with Gasteiger partial charge in [0.1, 0.15) is 17.8 Å². The summed E-state index contributed by atoms with van der Waals surface area (Å²) >= 11 is 0. The van der Waals surface area contributed by atoms with E-state index in [1.165, 1.54) is 24.3 Å². The van der Waals surface area contributed by atoms with E-state index in [1.807, 2.05) is 0 Å². The van der Waals surface area contributed by atoms with Crippen LogP contribution in [0.15, 0.2) is 24.3 Å². The summed E-state index contributed by atoms with van der Waals surface area (Å²) in [6.45, 7) is -1.30. The number of nitro groups is 1. The van der Waals surface area contributed by atoms with Crippen LogP contribution in [0.1, 0.15) is 25.0 Å². The molecule has 1 aliphatic rings. The van der Waals surface area contributed by atoms with E-state index in [1.54, 1.807) is 6.92 Å². The molecule has 0 saturated heterocycles. The van der Waals surface area contributed by atoms with Crippen molar-refractivity contribution in [3.05, 3.63) is 39.9 Å². The Hall–Kier alpha value is -2.25. The van der Waals surface area contributed by atoms with Crippen LogP contribution in [0.25, 0.3) is 0 Å². The fraction of sp³-hybridized carbons (Fsp3) is 0.462. The third kappa shape index (κ3) is 3.87. The first-order chi connectivity index (χ1) is 9.88. The lowest BCUT2D eigenvalue weighted by molar-refractivity contribution is -0.497. The molecular weight excluding hydrogens is 288 g/mol. The Bertz CT molecular complexity index is 534. The first kappa shape index (κ1) is 15.1. The number of carbonyl (C=O) groups is 1. The van der Waals surface area contributed by atoms with Gasteiger partial charge in [-0.2, -0.15) is 8.78 Å². The number of benzene rings is 1. The second-order valence-electron chi connectivity index (χ2n) is 4.72. The fourth-order valence-corrected chi connectivity index (χ4v) is 1.92. The second-order valence-corrected chi connectivity index (χ2v) is 4.72. The van der Waals surface area contributed by atoms with Crippen molar-refractivity contribution in [2.75, 3.05) is 0 Å². The van der Waals surface area contributed by atoms with Crippen LogP contribution in [0.4, 0.5) is 8.78 Å². The Morgan fingerprint density at radius 2 is 2.00 bits per heavy atom. The lowest BCUT2D eigenvalue weighted by atomic mass is 10.1. The summed E-state index contributed by atoms with van der Waals surface area (Å²) in [4.78, 5) is 21.7. The quantitative estimate of drug-likeness (QED) is 0.458. The molecule has 0 unspecified atom stereocenters. The van der Waals surface area contributed by atoms with E-state index in [0.29, 0.717) is 5.56 Å². The van der Waals surface area contributed by atoms with Crippen LogP contribution < -0.4 is 4.74 Å². The topological polar surface area (TPSA) is 78.7 Å². The lowest BCUT2D eigenvalue weighted by Crippen LogP contribution is -2.15. The van der Waals surface area contributed by atoms with Crippen LogP contribution >= 0.6 is 0 Å². The lowest BCUT2D eigenvalue weighted by Gasteiger charge is -2.13. The van der Waals surface area contributed by atoms with Gasteiger partial charge in [-0.1, -0.05) is 12.1 Å². The maximum absolute atomic E-state index is 12.0. The molecule has 1 saturated carbocycles. The number of alkyl halides is 2. The summed E-state index contributed by atoms with van der Waals surface area (Å²) in [5.74, 6) is -1.30. The molecule has 21 heavy (non-hydrogen) atoms. The average molecular weight is 301 g/mol. The molecule has 0 radical (unpaired) electrons. The zero-order valence-electron chi connectivity index (χ0n) is 11.1. The standard InChI is InChI=1S/C13H13F2NO5/c1-7(20-12(17)10-6-11(10)16(18)19)8-2-4-9(5-3-8)21-13(14)15/h2-5,7,10-11,13H,6H2,1H3/t7-,10+,11+/m0/s1. The summed E-state index contributed by atoms with van der Waals surface area (Å²) in [6, 6.07) is 4.80. The van der Waals surface area contributed by atoms with Crippen molar-refractivity contribution in [2.45, 2.75) is 32.1 Å². The first-order valence-electron chi connectivity index (χ1n) is 6.27. The maximum Gasteiger partial charge on any atom is 0.387 e. The molecular formula is C13H13F2NO5. The highest BCUT2D eigenvalue weighted by atomic mass is 19.3. The third-order valence-corrected chi connectivity index (χ3v) is 3.20. The summed E-state index contributed by atoms with van der Waals surface area (Å²) in [5.41, 5.74) is 0.586. The number of hydrogen-bond acceptors (Lipinski definition) is 5. The van der Waals surface area contributed by atoms with Crippen LogP contribution in [0, 0.1) is 16.0 Å². The Kier molecular flexibility index (Phi) is 4.35. The molecule has 0 N–H and O–H groups in total. The van der Waals surface area contributed by atoms with Crippen molar-refractivity contribution in [3.8, 4) is 5.75 Å². The number of rotatable bonds is 6. The molecule has 114 valence electrons. The first-order valence-corrected chi connectivity index (χ1v) is 6.27. The number of nitrogens with zero attached hydrogens (tertiary/aromatic N) is 1. The number of halogens is 2. The van der Waals surface area contributed by atoms with Gasteiger partial charge in [0.15, 0.2) is 0 Å². The number of carbonyl (C=O) groups excluding carboxylic acids is 1. The van der Waals surface area contributed by atoms with Crippen molar-refractivity contribution in [1.29, 1.82) is 0 Å². The zero-order valence-corrected chi connectivity index (χ0v) is 11.1. The van der Waals surface area contributed by atoms with Crippen molar-refractivity contribution < 1.29 is 28.0 Å². The van der Waals surface area contributed by atoms with Crippen LogP contribution in [-0.4, -0.2) is 23.5 Å². The highest BCUT2D eigenvalue weighted by molar-refractivity contribution is 5.76. The molecule has 0 spiro atoms. The van der Waals surface area contributed by atoms with Gasteiger partial charge in [-0.15, -0.1) is 0 Å². The van der Waals surface area contributed by atoms with Gasteiger partial charge < -0.3 is 9.47 Å². The highest BCUT2D eigenvalue weighted by Crippen LogP contribution is 2.35. The van der Waals surface area contributed by atoms with E-state index >= 15 is 0 Å². The van der Waals surface area contributed by atoms with Gasteiger partial charge in [0.2, 0.25) is 6.04 Å². The predicted octanol–water partition coefficient (Wildman–Crippen LogP) is 2.56. The van der Waals surface area contributed by atoms with Crippen LogP contribution in [0.5, 0.6) is 5.75 Å². The van der Waals surface area contributed by atoms with Crippen LogP contribution in [-0.2, 0) is 9.53 Å². The Morgan fingerprint density at radius 1 is 1.38 bits per heavy atom. The minimum atomic E-state index is -2.90. The SMILES string of the molecule is C[C@H](OC(=O)[C@@H]1C[C@H]1[N+](=O)[O-])c1ccc(OC(F)F)cc1. The average Bonchev–Trinajstić information content (AvgIpc) is 3.19. The number of hydrogen-bond donors (Lipinski definition) is 0. The maximum atomic E-state index is 12.0. The molecule has 0 aliphatic heterocycles. The van der Waals surface area contributed by atoms with E-state index in [0.717, 1.165) is 0 Å². The predicted molar refractivity (Wildman–Crippen MR) is 66.5 cm³/mol. The van der Waals surface area contributed by atoms with E-state index in [-0.39, 0.29) is 12.2 Å². The Labute approximate surface area is 118 Å². The minimum Gasteiger partial charge on any atom is -0.457 e. The van der Waals surface area contributed by atoms with Crippen LogP contribution in [0.2, 0.25) is 0 Å². The number of ether oxygens (including phenoxy) is 2. The summed E-state index contributed by atoms with van der Waals surface area (Å²) in [5, 5.41) is 10.5. The Morgan fingerprint density at radius 3 is 2.48 bits per heavy atom. The fourth-order valence-electron chi connectivity index (χ4n) is 1.92. The molecule has 0 bridgehead atoms. The van der Waals surface area contributed by atoms with Gasteiger partial charge in [0.25, 0.3) is 0 Å². The monoisotopic (exact) mass is 301 g/mol. The molecule has 3 atom stereocenters. The molecule has 1 aromatic rings. The third-order valence-electron chi connectivity index (χ3n) is 3.20. The summed E-state index contributed by atoms with van der Waals surface area (Å²) < 4.78 is 33.3. The summed E-state index contributed by atoms with van der Waals surface area (Å²) in [7, 11) is 0. The van der Waals surface area contributed by atoms with Gasteiger partial charge in [-0.25, -0.2) is 0 Å². The van der Waals surface area contributed by atoms with Gasteiger partial charge in [0.05, 0.1) is 0 Å². The van der Waals surface area contributed by atoms with Gasteiger partial charge in [-0.3, -0.25) is 14.9 Å².